The third-order valence-electron chi connectivity index (χ3n) is 7.19. The highest BCUT2D eigenvalue weighted by Gasteiger charge is 2.69. The molecule has 0 amide bonds. The van der Waals surface area contributed by atoms with Crippen LogP contribution in [0.4, 0.5) is 0 Å². The molecule has 1 aromatic rings. The summed E-state index contributed by atoms with van der Waals surface area (Å²) in [6.07, 6.45) is 1.23. The minimum Gasteiger partial charge on any atom is -0.508 e. The van der Waals surface area contributed by atoms with Crippen molar-refractivity contribution in [2.45, 2.75) is 44.3 Å². The van der Waals surface area contributed by atoms with Crippen molar-refractivity contribution in [2.24, 2.45) is 23.2 Å². The third-order valence-corrected chi connectivity index (χ3v) is 7.19. The molecule has 5 heteroatoms. The number of ether oxygens (including phenoxy) is 1. The molecule has 0 spiro atoms. The van der Waals surface area contributed by atoms with Crippen LogP contribution in [0.5, 0.6) is 11.5 Å². The summed E-state index contributed by atoms with van der Waals surface area (Å²) in [6, 6.07) is 5.10. The summed E-state index contributed by atoms with van der Waals surface area (Å²) in [5.41, 5.74) is 0.312. The molecule has 25 heavy (non-hydrogen) atoms. The molecule has 2 bridgehead atoms. The largest absolute Gasteiger partial charge is 0.508 e. The molecule has 4 aliphatic rings. The number of carbonyl (C=O) groups is 1. The van der Waals surface area contributed by atoms with Crippen LogP contribution in [-0.2, 0) is 4.79 Å². The van der Waals surface area contributed by atoms with Gasteiger partial charge in [-0.25, -0.2) is 0 Å². The maximum atomic E-state index is 12.8. The number of aliphatic hydroxyl groups excluding tert-OH is 1. The Bertz CT molecular complexity index is 825. The fourth-order valence-electron chi connectivity index (χ4n) is 6.14. The van der Waals surface area contributed by atoms with Gasteiger partial charge >= 0.3 is 0 Å². The van der Waals surface area contributed by atoms with Gasteiger partial charge in [-0.15, -0.1) is 0 Å². The van der Waals surface area contributed by atoms with Crippen molar-refractivity contribution >= 4 is 5.78 Å². The maximum absolute atomic E-state index is 12.8. The Morgan fingerprint density at radius 2 is 2.04 bits per heavy atom. The normalized spacial score (nSPS) is 43.0. The van der Waals surface area contributed by atoms with E-state index in [0.29, 0.717) is 12.2 Å². The van der Waals surface area contributed by atoms with Gasteiger partial charge in [0.15, 0.2) is 0 Å². The SMILES string of the molecule is CC1(C)C2C(=COc3cc(O)ccc32)C2C(=O)CC3(O)C[C@H]1C2[C@H]3O. The summed E-state index contributed by atoms with van der Waals surface area (Å²) in [5.74, 6) is 0.112. The average molecular weight is 342 g/mol. The van der Waals surface area contributed by atoms with Gasteiger partial charge in [-0.2, -0.15) is 0 Å². The number of aromatic hydroxyl groups is 1. The highest BCUT2D eigenvalue weighted by atomic mass is 16.5. The molecule has 3 saturated carbocycles. The molecule has 3 fully saturated rings. The summed E-state index contributed by atoms with van der Waals surface area (Å²) in [7, 11) is 0. The van der Waals surface area contributed by atoms with Gasteiger partial charge in [-0.3, -0.25) is 4.79 Å². The van der Waals surface area contributed by atoms with Crippen LogP contribution in [0.15, 0.2) is 30.0 Å². The zero-order valence-corrected chi connectivity index (χ0v) is 14.3. The lowest BCUT2D eigenvalue weighted by Gasteiger charge is -2.53. The number of fused-ring (bicyclic) bond motifs is 5. The summed E-state index contributed by atoms with van der Waals surface area (Å²) in [6.45, 7) is 4.30. The number of ketones is 1. The summed E-state index contributed by atoms with van der Waals surface area (Å²) in [5, 5.41) is 31.4. The van der Waals surface area contributed by atoms with Crippen molar-refractivity contribution < 1.29 is 24.9 Å². The Hall–Kier alpha value is -1.85. The number of aliphatic hydroxyl groups is 2. The molecule has 132 valence electrons. The lowest BCUT2D eigenvalue weighted by molar-refractivity contribution is -0.149. The van der Waals surface area contributed by atoms with Gasteiger partial charge in [-0.1, -0.05) is 19.9 Å². The summed E-state index contributed by atoms with van der Waals surface area (Å²) < 4.78 is 5.76. The highest BCUT2D eigenvalue weighted by Crippen LogP contribution is 2.68. The minimum absolute atomic E-state index is 0.00196. The van der Waals surface area contributed by atoms with Gasteiger partial charge in [-0.05, 0) is 29.4 Å². The number of carbonyl (C=O) groups excluding carboxylic acids is 1. The average Bonchev–Trinajstić information content (AvgIpc) is 2.73. The van der Waals surface area contributed by atoms with Crippen LogP contribution in [0.25, 0.3) is 0 Å². The molecule has 1 aromatic carbocycles. The van der Waals surface area contributed by atoms with E-state index < -0.39 is 17.6 Å². The number of phenolic OH excluding ortho intramolecular Hbond substituents is 1. The summed E-state index contributed by atoms with van der Waals surface area (Å²) in [4.78, 5) is 12.8. The van der Waals surface area contributed by atoms with Crippen LogP contribution < -0.4 is 4.74 Å². The molecule has 0 aromatic heterocycles. The van der Waals surface area contributed by atoms with Crippen LogP contribution in [0.3, 0.4) is 0 Å². The Morgan fingerprint density at radius 3 is 2.80 bits per heavy atom. The number of benzene rings is 1. The minimum atomic E-state index is -1.30. The van der Waals surface area contributed by atoms with Gasteiger partial charge in [0.1, 0.15) is 17.3 Å². The number of hydrogen-bond donors (Lipinski definition) is 3. The smallest absolute Gasteiger partial charge is 0.143 e. The number of allylic oxidation sites excluding steroid dienone is 1. The van der Waals surface area contributed by atoms with Crippen LogP contribution >= 0.6 is 0 Å². The van der Waals surface area contributed by atoms with E-state index in [-0.39, 0.29) is 41.1 Å². The molecule has 6 atom stereocenters. The lowest BCUT2D eigenvalue weighted by Crippen LogP contribution is -2.55. The van der Waals surface area contributed by atoms with E-state index in [1.54, 1.807) is 18.4 Å². The molecule has 0 saturated heterocycles. The van der Waals surface area contributed by atoms with Gasteiger partial charge in [0.05, 0.1) is 18.0 Å². The van der Waals surface area contributed by atoms with Crippen molar-refractivity contribution in [3.63, 3.8) is 0 Å². The molecule has 1 aliphatic heterocycles. The fourth-order valence-corrected chi connectivity index (χ4v) is 6.14. The first-order valence-electron chi connectivity index (χ1n) is 8.87. The number of Topliss-reactive ketones (excluding diaryl/α,β-unsaturated/α-hetero) is 1. The number of rotatable bonds is 0. The molecule has 5 rings (SSSR count). The maximum Gasteiger partial charge on any atom is 0.143 e. The molecule has 5 nitrogen and oxygen atoms in total. The predicted octanol–water partition coefficient (Wildman–Crippen LogP) is 2.11. The quantitative estimate of drug-likeness (QED) is 0.672. The van der Waals surface area contributed by atoms with Crippen molar-refractivity contribution in [3.8, 4) is 11.5 Å². The standard InChI is InChI=1S/C20H22O5/c1-19(2)12-6-20(24)7-13(22)15(16(12)18(20)23)11-8-25-14-5-9(21)3-4-10(14)17(11)19/h3-5,8,12,15-18,21,23-24H,6-7H2,1-2H3/t12-,15?,16?,17?,18+,20?/m0/s1. The first-order valence-corrected chi connectivity index (χ1v) is 8.87. The molecule has 4 unspecified atom stereocenters. The summed E-state index contributed by atoms with van der Waals surface area (Å²) >= 11 is 0. The molecule has 3 aliphatic carbocycles. The van der Waals surface area contributed by atoms with Gasteiger partial charge < -0.3 is 20.1 Å². The highest BCUT2D eigenvalue weighted by molar-refractivity contribution is 5.88. The topological polar surface area (TPSA) is 87.0 Å². The van der Waals surface area contributed by atoms with Crippen LogP contribution in [0.1, 0.15) is 38.2 Å². The Morgan fingerprint density at radius 1 is 1.28 bits per heavy atom. The van der Waals surface area contributed by atoms with E-state index in [4.69, 9.17) is 4.74 Å². The second-order valence-electron chi connectivity index (χ2n) is 8.77. The van der Waals surface area contributed by atoms with E-state index in [1.165, 1.54) is 0 Å². The third kappa shape index (κ3) is 1.73. The van der Waals surface area contributed by atoms with Crippen LogP contribution in [0, 0.1) is 23.2 Å². The van der Waals surface area contributed by atoms with Gasteiger partial charge in [0.25, 0.3) is 0 Å². The number of hydrogen-bond acceptors (Lipinski definition) is 5. The monoisotopic (exact) mass is 342 g/mol. The first-order chi connectivity index (χ1) is 11.7. The van der Waals surface area contributed by atoms with Crippen molar-refractivity contribution in [3.05, 3.63) is 35.6 Å². The van der Waals surface area contributed by atoms with E-state index in [0.717, 1.165) is 11.1 Å². The van der Waals surface area contributed by atoms with E-state index in [9.17, 15) is 20.1 Å². The Balaban J connectivity index is 1.73. The van der Waals surface area contributed by atoms with Crippen LogP contribution in [-0.4, -0.2) is 32.8 Å². The second kappa shape index (κ2) is 4.46. The lowest BCUT2D eigenvalue weighted by atomic mass is 9.51. The molecular formula is C20H22O5. The van der Waals surface area contributed by atoms with Crippen LogP contribution in [0.2, 0.25) is 0 Å². The molecular weight excluding hydrogens is 320 g/mol. The van der Waals surface area contributed by atoms with Crippen molar-refractivity contribution in [2.75, 3.05) is 0 Å². The molecule has 3 N–H and O–H groups in total. The van der Waals surface area contributed by atoms with Gasteiger partial charge in [0.2, 0.25) is 0 Å². The van der Waals surface area contributed by atoms with Crippen molar-refractivity contribution in [1.82, 2.24) is 0 Å². The predicted molar refractivity (Wildman–Crippen MR) is 89.0 cm³/mol. The molecule has 0 radical (unpaired) electrons. The number of phenols is 1. The van der Waals surface area contributed by atoms with E-state index in [2.05, 4.69) is 13.8 Å². The Kier molecular flexibility index (Phi) is 2.75. The second-order valence-corrected chi connectivity index (χ2v) is 8.77. The molecule has 1 heterocycles. The Labute approximate surface area is 145 Å². The zero-order chi connectivity index (χ0) is 17.7. The fraction of sp³-hybridized carbons (Fsp3) is 0.550. The van der Waals surface area contributed by atoms with E-state index >= 15 is 0 Å². The van der Waals surface area contributed by atoms with Crippen molar-refractivity contribution in [1.29, 1.82) is 0 Å². The van der Waals surface area contributed by atoms with E-state index in [1.807, 2.05) is 6.07 Å². The first kappa shape index (κ1) is 15.4. The van der Waals surface area contributed by atoms with Gasteiger partial charge in [0, 0.05) is 35.8 Å². The zero-order valence-electron chi connectivity index (χ0n) is 14.3.